The number of thiol groups is 1. The predicted octanol–water partition coefficient (Wildman–Crippen LogP) is 8.51. The molecule has 0 aliphatic carbocycles. The Labute approximate surface area is 205 Å². The van der Waals surface area contributed by atoms with E-state index >= 15 is 0 Å². The minimum atomic E-state index is 0. The van der Waals surface area contributed by atoms with E-state index in [4.69, 9.17) is 0 Å². The molecule has 0 bridgehead atoms. The van der Waals surface area contributed by atoms with Gasteiger partial charge in [0.1, 0.15) is 0 Å². The molecule has 2 aromatic rings. The molecular weight excluding hydrogens is 427 g/mol. The monoisotopic (exact) mass is 469 g/mol. The first-order chi connectivity index (χ1) is 13.9. The van der Waals surface area contributed by atoms with Gasteiger partial charge >= 0.3 is 16.5 Å². The smallest absolute Gasteiger partial charge is 0.813 e. The summed E-state index contributed by atoms with van der Waals surface area (Å²) in [7, 11) is 0. The molecule has 0 amide bonds. The Balaban J connectivity index is 0. The van der Waals surface area contributed by atoms with Crippen molar-refractivity contribution < 1.29 is 16.5 Å². The van der Waals surface area contributed by atoms with E-state index < -0.39 is 0 Å². The SMILES string of the molecule is CCCCCCCCc1cc[c-]cc1.CCCCCCCCc1cc[c-]cc1.[Ni+3].[SH-]. The van der Waals surface area contributed by atoms with Gasteiger partial charge in [-0.25, -0.2) is 0 Å². The molecule has 0 atom stereocenters. The molecule has 2 heteroatoms. The average molecular weight is 470 g/mol. The first-order valence-corrected chi connectivity index (χ1v) is 11.8. The second-order valence-corrected chi connectivity index (χ2v) is 7.85. The van der Waals surface area contributed by atoms with Crippen LogP contribution in [0, 0.1) is 12.1 Å². The molecule has 0 saturated carbocycles. The standard InChI is InChI=1S/2C14H21.Ni.H2S/c2*1-2-3-4-5-6-8-11-14-12-9-7-10-13-14;;/h2*9-10,12-13H,2-6,8,11H2,1H3;;1H2/q2*-1;+3;/p-1. The molecule has 0 heterocycles. The second-order valence-electron chi connectivity index (χ2n) is 7.85. The van der Waals surface area contributed by atoms with Crippen molar-refractivity contribution >= 4 is 13.5 Å². The van der Waals surface area contributed by atoms with Crippen LogP contribution < -0.4 is 0 Å². The van der Waals surface area contributed by atoms with Gasteiger partial charge < -0.3 is 13.5 Å². The van der Waals surface area contributed by atoms with Gasteiger partial charge in [-0.05, 0) is 0 Å². The zero-order valence-electron chi connectivity index (χ0n) is 19.3. The summed E-state index contributed by atoms with van der Waals surface area (Å²) in [6.07, 6.45) is 19.1. The molecule has 30 heavy (non-hydrogen) atoms. The van der Waals surface area contributed by atoms with Gasteiger partial charge in [0.25, 0.3) is 0 Å². The number of benzene rings is 2. The molecule has 2 rings (SSSR count). The molecule has 0 unspecified atom stereocenters. The van der Waals surface area contributed by atoms with E-state index in [9.17, 15) is 0 Å². The summed E-state index contributed by atoms with van der Waals surface area (Å²) < 4.78 is 0. The summed E-state index contributed by atoms with van der Waals surface area (Å²) in [5, 5.41) is 0. The van der Waals surface area contributed by atoms with Crippen molar-refractivity contribution in [3.05, 3.63) is 71.8 Å². The van der Waals surface area contributed by atoms with Crippen molar-refractivity contribution in [2.24, 2.45) is 0 Å². The quantitative estimate of drug-likeness (QED) is 0.0877. The Bertz CT molecular complexity index is 490. The van der Waals surface area contributed by atoms with Crippen LogP contribution >= 0.6 is 0 Å². The van der Waals surface area contributed by atoms with Crippen molar-refractivity contribution in [3.8, 4) is 0 Å². The van der Waals surface area contributed by atoms with Crippen LogP contribution in [0.25, 0.3) is 0 Å². The number of unbranched alkanes of at least 4 members (excludes halogenated alkanes) is 10. The molecule has 0 nitrogen and oxygen atoms in total. The summed E-state index contributed by atoms with van der Waals surface area (Å²) in [4.78, 5) is 0. The average Bonchev–Trinajstić information content (AvgIpc) is 2.75. The van der Waals surface area contributed by atoms with Crippen LogP contribution in [0.3, 0.4) is 0 Å². The number of aryl methyl sites for hydroxylation is 2. The van der Waals surface area contributed by atoms with Crippen LogP contribution in [0.5, 0.6) is 0 Å². The Morgan fingerprint density at radius 2 is 0.800 bits per heavy atom. The molecule has 0 N–H and O–H groups in total. The third kappa shape index (κ3) is 19.3. The largest absolute Gasteiger partial charge is 3.00 e. The van der Waals surface area contributed by atoms with Gasteiger partial charge in [0.2, 0.25) is 0 Å². The molecule has 171 valence electrons. The molecule has 1 radical (unpaired) electrons. The van der Waals surface area contributed by atoms with Crippen LogP contribution in [-0.4, -0.2) is 0 Å². The van der Waals surface area contributed by atoms with Gasteiger partial charge in [-0.1, -0.05) is 104 Å². The van der Waals surface area contributed by atoms with Crippen molar-refractivity contribution in [1.82, 2.24) is 0 Å². The van der Waals surface area contributed by atoms with E-state index in [-0.39, 0.29) is 30.0 Å². The van der Waals surface area contributed by atoms with E-state index in [1.54, 1.807) is 0 Å². The summed E-state index contributed by atoms with van der Waals surface area (Å²) in [6.45, 7) is 4.53. The summed E-state index contributed by atoms with van der Waals surface area (Å²) in [5.74, 6) is 0. The fourth-order valence-electron chi connectivity index (χ4n) is 3.40. The van der Waals surface area contributed by atoms with E-state index in [1.165, 1.54) is 101 Å². The normalized spacial score (nSPS) is 9.67. The van der Waals surface area contributed by atoms with Crippen LogP contribution in [0.1, 0.15) is 102 Å². The molecular formula is C28H43NiS. The van der Waals surface area contributed by atoms with Gasteiger partial charge in [0.15, 0.2) is 0 Å². The third-order valence-electron chi connectivity index (χ3n) is 5.21. The van der Waals surface area contributed by atoms with Gasteiger partial charge in [-0.2, -0.15) is 71.8 Å². The Kier molecular flexibility index (Phi) is 25.8. The topological polar surface area (TPSA) is 0 Å². The van der Waals surface area contributed by atoms with Gasteiger partial charge in [-0.15, -0.1) is 0 Å². The van der Waals surface area contributed by atoms with Crippen LogP contribution in [-0.2, 0) is 42.8 Å². The van der Waals surface area contributed by atoms with Crippen molar-refractivity contribution in [2.45, 2.75) is 104 Å². The Morgan fingerprint density at radius 1 is 0.500 bits per heavy atom. The van der Waals surface area contributed by atoms with E-state index in [1.807, 2.05) is 24.3 Å². The maximum absolute atomic E-state index is 3.05. The molecule has 0 fully saturated rings. The minimum Gasteiger partial charge on any atom is -0.813 e. The zero-order valence-corrected chi connectivity index (χ0v) is 21.2. The minimum absolute atomic E-state index is 0. The van der Waals surface area contributed by atoms with Crippen LogP contribution in [0.15, 0.2) is 48.5 Å². The van der Waals surface area contributed by atoms with Crippen molar-refractivity contribution in [2.75, 3.05) is 0 Å². The maximum atomic E-state index is 3.05. The summed E-state index contributed by atoms with van der Waals surface area (Å²) in [5.41, 5.74) is 2.92. The molecule has 0 spiro atoms. The van der Waals surface area contributed by atoms with Gasteiger partial charge in [0.05, 0.1) is 0 Å². The summed E-state index contributed by atoms with van der Waals surface area (Å²) in [6, 6.07) is 22.8. The Hall–Kier alpha value is -0.716. The number of hydrogen-bond donors (Lipinski definition) is 0. The fraction of sp³-hybridized carbons (Fsp3) is 0.571. The predicted molar refractivity (Wildman–Crippen MR) is 133 cm³/mol. The molecule has 0 aliphatic rings. The first-order valence-electron chi connectivity index (χ1n) is 11.8. The zero-order chi connectivity index (χ0) is 20.1. The van der Waals surface area contributed by atoms with E-state index in [2.05, 4.69) is 50.2 Å². The first kappa shape index (κ1) is 31.5. The van der Waals surface area contributed by atoms with E-state index in [0.717, 1.165) is 0 Å². The molecule has 0 saturated heterocycles. The molecule has 2 aromatic carbocycles. The van der Waals surface area contributed by atoms with Crippen LogP contribution in [0.2, 0.25) is 0 Å². The van der Waals surface area contributed by atoms with E-state index in [0.29, 0.717) is 0 Å². The second kappa shape index (κ2) is 24.6. The maximum Gasteiger partial charge on any atom is 3.00 e. The van der Waals surface area contributed by atoms with Crippen molar-refractivity contribution in [3.63, 3.8) is 0 Å². The number of hydrogen-bond acceptors (Lipinski definition) is 1. The third-order valence-corrected chi connectivity index (χ3v) is 5.21. The summed E-state index contributed by atoms with van der Waals surface area (Å²) >= 11 is 0. The fourth-order valence-corrected chi connectivity index (χ4v) is 3.40. The van der Waals surface area contributed by atoms with Gasteiger partial charge in [-0.3, -0.25) is 0 Å². The number of rotatable bonds is 14. The molecule has 0 aliphatic heterocycles. The Morgan fingerprint density at radius 3 is 1.13 bits per heavy atom. The van der Waals surface area contributed by atoms with Gasteiger partial charge in [0, 0.05) is 0 Å². The van der Waals surface area contributed by atoms with Crippen LogP contribution in [0.4, 0.5) is 0 Å². The molecule has 0 aromatic heterocycles. The van der Waals surface area contributed by atoms with Crippen molar-refractivity contribution in [1.29, 1.82) is 0 Å².